The molecule has 3 nitrogen and oxygen atoms in total. The van der Waals surface area contributed by atoms with E-state index in [9.17, 15) is 0 Å². The molecule has 0 spiro atoms. The highest BCUT2D eigenvalue weighted by atomic mass is 15.3. The first-order valence-corrected chi connectivity index (χ1v) is 6.93. The molecule has 0 aliphatic rings. The van der Waals surface area contributed by atoms with Crippen molar-refractivity contribution >= 4 is 0 Å². The lowest BCUT2D eigenvalue weighted by molar-refractivity contribution is 0.455. The van der Waals surface area contributed by atoms with Gasteiger partial charge >= 0.3 is 0 Å². The van der Waals surface area contributed by atoms with E-state index in [1.807, 2.05) is 11.7 Å². The largest absolute Gasteiger partial charge is 0.309 e. The molecule has 1 aromatic rings. The summed E-state index contributed by atoms with van der Waals surface area (Å²) >= 11 is 0. The number of aryl methyl sites for hydroxylation is 2. The minimum Gasteiger partial charge on any atom is -0.309 e. The second-order valence-electron chi connectivity index (χ2n) is 4.79. The SMILES string of the molecule is CCCCCCC(NCC)c1cc(C)nn1C. The van der Waals surface area contributed by atoms with Gasteiger partial charge in [-0.2, -0.15) is 5.10 Å². The van der Waals surface area contributed by atoms with E-state index in [1.54, 1.807) is 0 Å². The summed E-state index contributed by atoms with van der Waals surface area (Å²) in [6.07, 6.45) is 6.51. The van der Waals surface area contributed by atoms with Crippen LogP contribution in [0.4, 0.5) is 0 Å². The number of rotatable bonds is 8. The zero-order valence-electron chi connectivity index (χ0n) is 11.8. The van der Waals surface area contributed by atoms with Crippen LogP contribution in [-0.2, 0) is 7.05 Å². The quantitative estimate of drug-likeness (QED) is 0.703. The molecular weight excluding hydrogens is 210 g/mol. The van der Waals surface area contributed by atoms with E-state index in [0.717, 1.165) is 12.2 Å². The Morgan fingerprint density at radius 3 is 2.59 bits per heavy atom. The minimum absolute atomic E-state index is 0.461. The highest BCUT2D eigenvalue weighted by molar-refractivity contribution is 5.13. The van der Waals surface area contributed by atoms with Gasteiger partial charge in [-0.15, -0.1) is 0 Å². The van der Waals surface area contributed by atoms with E-state index < -0.39 is 0 Å². The van der Waals surface area contributed by atoms with Crippen molar-refractivity contribution in [3.8, 4) is 0 Å². The molecule has 17 heavy (non-hydrogen) atoms. The van der Waals surface area contributed by atoms with Gasteiger partial charge in [-0.05, 0) is 26.0 Å². The molecule has 1 rings (SSSR count). The number of nitrogens with one attached hydrogen (secondary N) is 1. The Bertz CT molecular complexity index is 317. The van der Waals surface area contributed by atoms with Gasteiger partial charge in [0, 0.05) is 13.1 Å². The van der Waals surface area contributed by atoms with Crippen LogP contribution in [0, 0.1) is 6.92 Å². The molecule has 1 aromatic heterocycles. The van der Waals surface area contributed by atoms with Crippen LogP contribution in [0.3, 0.4) is 0 Å². The number of hydrogen-bond acceptors (Lipinski definition) is 2. The molecule has 0 radical (unpaired) electrons. The van der Waals surface area contributed by atoms with Gasteiger partial charge in [-0.25, -0.2) is 0 Å². The Morgan fingerprint density at radius 2 is 2.06 bits per heavy atom. The van der Waals surface area contributed by atoms with Gasteiger partial charge in [0.2, 0.25) is 0 Å². The third kappa shape index (κ3) is 4.50. The van der Waals surface area contributed by atoms with E-state index in [0.29, 0.717) is 6.04 Å². The zero-order chi connectivity index (χ0) is 12.7. The summed E-state index contributed by atoms with van der Waals surface area (Å²) < 4.78 is 2.02. The number of hydrogen-bond donors (Lipinski definition) is 1. The zero-order valence-corrected chi connectivity index (χ0v) is 11.8. The second kappa shape index (κ2) is 7.49. The molecule has 0 bridgehead atoms. The van der Waals surface area contributed by atoms with E-state index >= 15 is 0 Å². The van der Waals surface area contributed by atoms with Crippen molar-refractivity contribution in [1.82, 2.24) is 15.1 Å². The molecule has 0 amide bonds. The van der Waals surface area contributed by atoms with Crippen molar-refractivity contribution in [2.45, 2.75) is 58.9 Å². The normalized spacial score (nSPS) is 12.9. The highest BCUT2D eigenvalue weighted by Crippen LogP contribution is 2.20. The van der Waals surface area contributed by atoms with Crippen molar-refractivity contribution < 1.29 is 0 Å². The summed E-state index contributed by atoms with van der Waals surface area (Å²) in [5.41, 5.74) is 2.43. The third-order valence-electron chi connectivity index (χ3n) is 3.19. The molecule has 1 atom stereocenters. The van der Waals surface area contributed by atoms with Crippen molar-refractivity contribution in [2.24, 2.45) is 7.05 Å². The van der Waals surface area contributed by atoms with Crippen LogP contribution in [0.15, 0.2) is 6.07 Å². The number of nitrogens with zero attached hydrogens (tertiary/aromatic N) is 2. The van der Waals surface area contributed by atoms with Gasteiger partial charge in [0.15, 0.2) is 0 Å². The fraction of sp³-hybridized carbons (Fsp3) is 0.786. The lowest BCUT2D eigenvalue weighted by atomic mass is 10.0. The van der Waals surface area contributed by atoms with Gasteiger partial charge in [0.25, 0.3) is 0 Å². The number of aromatic nitrogens is 2. The average molecular weight is 237 g/mol. The van der Waals surface area contributed by atoms with Gasteiger partial charge in [-0.1, -0.05) is 39.5 Å². The summed E-state index contributed by atoms with van der Waals surface area (Å²) in [6.45, 7) is 7.50. The van der Waals surface area contributed by atoms with Crippen LogP contribution in [-0.4, -0.2) is 16.3 Å². The standard InChI is InChI=1S/C14H27N3/c1-5-7-8-9-10-13(15-6-2)14-11-12(3)16-17(14)4/h11,13,15H,5-10H2,1-4H3. The smallest absolute Gasteiger partial charge is 0.0597 e. The topological polar surface area (TPSA) is 29.9 Å². The molecule has 0 aliphatic heterocycles. The highest BCUT2D eigenvalue weighted by Gasteiger charge is 2.14. The van der Waals surface area contributed by atoms with Gasteiger partial charge in [0.1, 0.15) is 0 Å². The van der Waals surface area contributed by atoms with Crippen molar-refractivity contribution in [2.75, 3.05) is 6.54 Å². The van der Waals surface area contributed by atoms with Crippen molar-refractivity contribution in [3.63, 3.8) is 0 Å². The first-order chi connectivity index (χ1) is 8.19. The molecule has 98 valence electrons. The minimum atomic E-state index is 0.461. The molecule has 0 saturated heterocycles. The van der Waals surface area contributed by atoms with E-state index in [-0.39, 0.29) is 0 Å². The molecule has 0 aliphatic carbocycles. The molecule has 1 unspecified atom stereocenters. The Hall–Kier alpha value is -0.830. The molecular formula is C14H27N3. The molecule has 1 heterocycles. The van der Waals surface area contributed by atoms with E-state index in [2.05, 4.69) is 37.3 Å². The first-order valence-electron chi connectivity index (χ1n) is 6.93. The molecule has 0 fully saturated rings. The van der Waals surface area contributed by atoms with Gasteiger partial charge in [0.05, 0.1) is 11.4 Å². The lowest BCUT2D eigenvalue weighted by Gasteiger charge is -2.18. The molecule has 1 N–H and O–H groups in total. The van der Waals surface area contributed by atoms with E-state index in [4.69, 9.17) is 0 Å². The van der Waals surface area contributed by atoms with Crippen LogP contribution >= 0.6 is 0 Å². The van der Waals surface area contributed by atoms with Crippen molar-refractivity contribution in [3.05, 3.63) is 17.5 Å². The lowest BCUT2D eigenvalue weighted by Crippen LogP contribution is -2.23. The first kappa shape index (κ1) is 14.2. The average Bonchev–Trinajstić information content (AvgIpc) is 2.62. The maximum Gasteiger partial charge on any atom is 0.0597 e. The predicted molar refractivity (Wildman–Crippen MR) is 73.1 cm³/mol. The maximum atomic E-state index is 4.44. The third-order valence-corrected chi connectivity index (χ3v) is 3.19. The van der Waals surface area contributed by atoms with Crippen LogP contribution in [0.25, 0.3) is 0 Å². The Labute approximate surface area is 106 Å². The Morgan fingerprint density at radius 1 is 1.29 bits per heavy atom. The predicted octanol–water partition coefficient (Wildman–Crippen LogP) is 3.35. The fourth-order valence-electron chi connectivity index (χ4n) is 2.33. The second-order valence-corrected chi connectivity index (χ2v) is 4.79. The summed E-state index contributed by atoms with van der Waals surface area (Å²) in [6, 6.07) is 2.66. The fourth-order valence-corrected chi connectivity index (χ4v) is 2.33. The van der Waals surface area contributed by atoms with Crippen LogP contribution < -0.4 is 5.32 Å². The van der Waals surface area contributed by atoms with Crippen LogP contribution in [0.1, 0.15) is 63.4 Å². The Balaban J connectivity index is 2.55. The van der Waals surface area contributed by atoms with E-state index in [1.165, 1.54) is 37.8 Å². The molecule has 3 heteroatoms. The molecule has 0 aromatic carbocycles. The Kier molecular flexibility index (Phi) is 6.27. The monoisotopic (exact) mass is 237 g/mol. The number of unbranched alkanes of at least 4 members (excludes halogenated alkanes) is 3. The molecule has 0 saturated carbocycles. The summed E-state index contributed by atoms with van der Waals surface area (Å²) in [7, 11) is 2.04. The van der Waals surface area contributed by atoms with Crippen LogP contribution in [0.5, 0.6) is 0 Å². The summed E-state index contributed by atoms with van der Waals surface area (Å²) in [5, 5.41) is 8.00. The van der Waals surface area contributed by atoms with Gasteiger partial charge in [-0.3, -0.25) is 4.68 Å². The van der Waals surface area contributed by atoms with Crippen molar-refractivity contribution in [1.29, 1.82) is 0 Å². The van der Waals surface area contributed by atoms with Crippen LogP contribution in [0.2, 0.25) is 0 Å². The van der Waals surface area contributed by atoms with Gasteiger partial charge < -0.3 is 5.32 Å². The summed E-state index contributed by atoms with van der Waals surface area (Å²) in [4.78, 5) is 0. The maximum absolute atomic E-state index is 4.44. The summed E-state index contributed by atoms with van der Waals surface area (Å²) in [5.74, 6) is 0.